The minimum Gasteiger partial charge on any atom is -0.455 e. The molecular weight excluding hydrogens is 885 g/mol. The van der Waals surface area contributed by atoms with Gasteiger partial charge in [0.05, 0.1) is 33.6 Å². The van der Waals surface area contributed by atoms with Crippen LogP contribution in [0, 0.1) is 18.3 Å². The highest BCUT2D eigenvalue weighted by atomic mass is 32.2. The maximum atomic E-state index is 14.0. The Morgan fingerprint density at radius 3 is 2.46 bits per heavy atom. The molecule has 17 heteroatoms. The SMILES string of the molecule is Cc1cc(C(F)(F)F)ccc1C1=C(CN2CCN(c3ccc(C(=O)NS(=O)(=O)c4ccc(NCCC5CCN(CCF)CC5)c(N)c4)c(Oc4cnc5[nH]ccc5c4)c3)CC2)CCC(C)(C)C1. The number of pyridine rings is 1. The van der Waals surface area contributed by atoms with E-state index >= 15 is 0 Å². The fraction of sp³-hybridized carbons (Fsp3) is 0.440. The van der Waals surface area contributed by atoms with Gasteiger partial charge in [-0.05, 0) is 141 Å². The summed E-state index contributed by atoms with van der Waals surface area (Å²) in [4.78, 5) is 28.0. The predicted molar refractivity (Wildman–Crippen MR) is 256 cm³/mol. The molecule has 2 fully saturated rings. The van der Waals surface area contributed by atoms with Crippen LogP contribution < -0.4 is 25.4 Å². The first-order valence-corrected chi connectivity index (χ1v) is 24.5. The van der Waals surface area contributed by atoms with E-state index in [0.29, 0.717) is 61.3 Å². The highest BCUT2D eigenvalue weighted by molar-refractivity contribution is 7.90. The second kappa shape index (κ2) is 19.9. The number of likely N-dealkylation sites (tertiary alicyclic amines) is 1. The summed E-state index contributed by atoms with van der Waals surface area (Å²) in [6, 6.07) is 17.1. The monoisotopic (exact) mass is 944 g/mol. The number of alkyl halides is 4. The number of benzene rings is 3. The van der Waals surface area contributed by atoms with Gasteiger partial charge in [0.2, 0.25) is 0 Å². The molecule has 0 bridgehead atoms. The average molecular weight is 945 g/mol. The number of nitrogens with two attached hydrogens (primary N) is 1. The maximum absolute atomic E-state index is 14.0. The van der Waals surface area contributed by atoms with Crippen molar-refractivity contribution in [2.75, 3.05) is 81.5 Å². The van der Waals surface area contributed by atoms with Gasteiger partial charge in [-0.3, -0.25) is 9.69 Å². The third-order valence-electron chi connectivity index (χ3n) is 13.6. The Balaban J connectivity index is 0.956. The highest BCUT2D eigenvalue weighted by Crippen LogP contribution is 2.45. The first-order chi connectivity index (χ1) is 31.9. The number of halogens is 4. The van der Waals surface area contributed by atoms with Gasteiger partial charge >= 0.3 is 6.18 Å². The van der Waals surface area contributed by atoms with E-state index in [1.54, 1.807) is 49.5 Å². The van der Waals surface area contributed by atoms with Crippen LogP contribution in [-0.4, -0.2) is 99.7 Å². The average Bonchev–Trinajstić information content (AvgIpc) is 3.76. The number of carbonyl (C=O) groups is 1. The topological polar surface area (TPSA) is 149 Å². The van der Waals surface area contributed by atoms with Crippen molar-refractivity contribution in [3.05, 3.63) is 107 Å². The van der Waals surface area contributed by atoms with E-state index in [1.807, 2.05) is 6.07 Å². The molecule has 1 aliphatic carbocycles. The molecule has 3 aromatic carbocycles. The van der Waals surface area contributed by atoms with Gasteiger partial charge in [-0.25, -0.2) is 22.5 Å². The number of piperidine rings is 1. The van der Waals surface area contributed by atoms with Gasteiger partial charge in [0.1, 0.15) is 23.8 Å². The quantitative estimate of drug-likeness (QED) is 0.0591. The van der Waals surface area contributed by atoms with Crippen LogP contribution in [0.2, 0.25) is 0 Å². The number of anilines is 3. The molecule has 5 N–H and O–H groups in total. The number of aromatic amines is 1. The summed E-state index contributed by atoms with van der Waals surface area (Å²) in [5.41, 5.74) is 11.9. The third-order valence-corrected chi connectivity index (χ3v) is 14.9. The van der Waals surface area contributed by atoms with E-state index in [1.165, 1.54) is 36.0 Å². The van der Waals surface area contributed by atoms with Crippen molar-refractivity contribution in [1.82, 2.24) is 24.5 Å². The van der Waals surface area contributed by atoms with E-state index in [-0.39, 0.29) is 34.0 Å². The van der Waals surface area contributed by atoms with Crippen LogP contribution in [-0.2, 0) is 16.2 Å². The Kier molecular flexibility index (Phi) is 14.2. The van der Waals surface area contributed by atoms with Crippen molar-refractivity contribution in [3.8, 4) is 11.5 Å². The van der Waals surface area contributed by atoms with Crippen LogP contribution in [0.15, 0.2) is 89.6 Å². The number of rotatable bonds is 15. The molecule has 12 nitrogen and oxygen atoms in total. The number of nitrogen functional groups attached to an aromatic ring is 1. The molecule has 8 rings (SSSR count). The Morgan fingerprint density at radius 1 is 0.970 bits per heavy atom. The van der Waals surface area contributed by atoms with Crippen molar-refractivity contribution >= 4 is 49.6 Å². The molecule has 5 aromatic rings. The number of aryl methyl sites for hydroxylation is 1. The van der Waals surface area contributed by atoms with Crippen LogP contribution in [0.5, 0.6) is 11.5 Å². The molecule has 0 radical (unpaired) electrons. The number of nitrogens with zero attached hydrogens (tertiary/aromatic N) is 4. The summed E-state index contributed by atoms with van der Waals surface area (Å²) >= 11 is 0. The fourth-order valence-electron chi connectivity index (χ4n) is 9.62. The molecule has 3 aliphatic rings. The van der Waals surface area contributed by atoms with E-state index < -0.39 is 27.7 Å². The number of ether oxygens (including phenoxy) is 1. The van der Waals surface area contributed by atoms with Gasteiger partial charge in [-0.15, -0.1) is 0 Å². The van der Waals surface area contributed by atoms with Crippen molar-refractivity contribution < 1.29 is 35.5 Å². The minimum atomic E-state index is -4.40. The van der Waals surface area contributed by atoms with Crippen molar-refractivity contribution in [2.24, 2.45) is 11.3 Å². The van der Waals surface area contributed by atoms with Gasteiger partial charge in [0, 0.05) is 69.2 Å². The zero-order valence-corrected chi connectivity index (χ0v) is 39.1. The lowest BCUT2D eigenvalue weighted by Gasteiger charge is -2.39. The maximum Gasteiger partial charge on any atom is 0.416 e. The molecule has 4 heterocycles. The number of amides is 1. The fourth-order valence-corrected chi connectivity index (χ4v) is 10.6. The van der Waals surface area contributed by atoms with Crippen LogP contribution >= 0.6 is 0 Å². The number of hydrogen-bond acceptors (Lipinski definition) is 10. The van der Waals surface area contributed by atoms with Gasteiger partial charge in [-0.1, -0.05) is 25.5 Å². The molecular formula is C50H60F4N8O4S. The molecule has 2 aromatic heterocycles. The van der Waals surface area contributed by atoms with Crippen LogP contribution in [0.3, 0.4) is 0 Å². The number of sulfonamides is 1. The summed E-state index contributed by atoms with van der Waals surface area (Å²) < 4.78 is 89.4. The number of H-pyrrole nitrogens is 1. The lowest BCUT2D eigenvalue weighted by atomic mass is 9.72. The van der Waals surface area contributed by atoms with E-state index in [0.717, 1.165) is 86.9 Å². The predicted octanol–water partition coefficient (Wildman–Crippen LogP) is 9.65. The summed E-state index contributed by atoms with van der Waals surface area (Å²) in [6.07, 6.45) is 4.43. The molecule has 2 aliphatic heterocycles. The normalized spacial score (nSPS) is 17.8. The molecule has 0 saturated carbocycles. The van der Waals surface area contributed by atoms with Gasteiger partial charge in [-0.2, -0.15) is 13.2 Å². The number of nitrogens with one attached hydrogen (secondary N) is 3. The van der Waals surface area contributed by atoms with E-state index in [2.05, 4.69) is 48.6 Å². The zero-order chi connectivity index (χ0) is 47.5. The summed E-state index contributed by atoms with van der Waals surface area (Å²) in [5.74, 6) is 0.118. The number of fused-ring (bicyclic) bond motifs is 1. The number of aromatic nitrogens is 2. The molecule has 358 valence electrons. The standard InChI is InChI=1S/C50H60F4N8O4S/c1-33-26-37(50(52,53)54)4-7-41(33)43-30-49(2,3)15-10-36(43)32-61-22-24-62(25-23-61)38-5-8-42(46(28-38)66-39-27-35-12-18-57-47(35)58-31-39)48(63)59-67(64,65)40-6-9-45(44(55)29-40)56-17-11-34-13-19-60(20-14-34)21-16-51/h4-9,12,18,26-29,31,34,56H,10-11,13-17,19-25,30,32,55H2,1-3H3,(H,57,58)(H,59,63). The Bertz CT molecular complexity index is 2720. The summed E-state index contributed by atoms with van der Waals surface area (Å²) in [7, 11) is -4.37. The second-order valence-corrected chi connectivity index (χ2v) is 20.6. The van der Waals surface area contributed by atoms with Gasteiger partial charge < -0.3 is 30.6 Å². The van der Waals surface area contributed by atoms with Crippen LogP contribution in [0.1, 0.15) is 79.4 Å². The van der Waals surface area contributed by atoms with E-state index in [4.69, 9.17) is 10.5 Å². The van der Waals surface area contributed by atoms with Crippen molar-refractivity contribution in [1.29, 1.82) is 0 Å². The largest absolute Gasteiger partial charge is 0.455 e. The smallest absolute Gasteiger partial charge is 0.416 e. The molecule has 0 spiro atoms. The number of allylic oxidation sites excluding steroid dienone is 1. The Morgan fingerprint density at radius 2 is 1.75 bits per heavy atom. The second-order valence-electron chi connectivity index (χ2n) is 19.0. The molecule has 0 unspecified atom stereocenters. The van der Waals surface area contributed by atoms with Gasteiger partial charge in [0.15, 0.2) is 0 Å². The lowest BCUT2D eigenvalue weighted by Crippen LogP contribution is -2.47. The molecule has 1 amide bonds. The number of carbonyl (C=O) groups excluding carboxylic acids is 1. The minimum absolute atomic E-state index is 0.000150. The third kappa shape index (κ3) is 11.6. The zero-order valence-electron chi connectivity index (χ0n) is 38.3. The molecule has 0 atom stereocenters. The summed E-state index contributed by atoms with van der Waals surface area (Å²) in [5, 5.41) is 4.10. The van der Waals surface area contributed by atoms with Crippen LogP contribution in [0.25, 0.3) is 16.6 Å². The molecule has 67 heavy (non-hydrogen) atoms. The van der Waals surface area contributed by atoms with Crippen molar-refractivity contribution in [2.45, 2.75) is 70.4 Å². The van der Waals surface area contributed by atoms with Crippen LogP contribution in [0.4, 0.5) is 34.6 Å². The van der Waals surface area contributed by atoms with Crippen molar-refractivity contribution in [3.63, 3.8) is 0 Å². The number of hydrogen-bond donors (Lipinski definition) is 4. The van der Waals surface area contributed by atoms with Gasteiger partial charge in [0.25, 0.3) is 15.9 Å². The highest BCUT2D eigenvalue weighted by Gasteiger charge is 2.34. The first-order valence-electron chi connectivity index (χ1n) is 23.0. The molecule has 2 saturated heterocycles. The Labute approximate surface area is 390 Å². The summed E-state index contributed by atoms with van der Waals surface area (Å²) in [6.45, 7) is 12.2. The van der Waals surface area contributed by atoms with E-state index in [9.17, 15) is 30.8 Å². The first kappa shape index (κ1) is 47.8. The number of piperazine rings is 1. The lowest BCUT2D eigenvalue weighted by molar-refractivity contribution is -0.137. The Hall–Kier alpha value is -5.65.